The second-order valence-corrected chi connectivity index (χ2v) is 11.8. The summed E-state index contributed by atoms with van der Waals surface area (Å²) >= 11 is 6.47. The van der Waals surface area contributed by atoms with Gasteiger partial charge >= 0.3 is 0 Å². The molecule has 1 atom stereocenters. The monoisotopic (exact) mass is 589 g/mol. The van der Waals surface area contributed by atoms with Crippen molar-refractivity contribution in [2.45, 2.75) is 30.8 Å². The highest BCUT2D eigenvalue weighted by molar-refractivity contribution is 7.92. The Bertz CT molecular complexity index is 1600. The maximum absolute atomic E-state index is 14.3. The Morgan fingerprint density at radius 1 is 0.829 bits per heavy atom. The van der Waals surface area contributed by atoms with Gasteiger partial charge in [0.1, 0.15) is 12.6 Å². The number of hydrogen-bond donors (Lipinski definition) is 1. The van der Waals surface area contributed by atoms with Crippen LogP contribution < -0.4 is 9.62 Å². The summed E-state index contributed by atoms with van der Waals surface area (Å²) in [6.45, 7) is 1.48. The highest BCUT2D eigenvalue weighted by Gasteiger charge is 2.35. The first-order valence-electron chi connectivity index (χ1n) is 13.1. The van der Waals surface area contributed by atoms with Gasteiger partial charge in [0, 0.05) is 20.0 Å². The van der Waals surface area contributed by atoms with Crippen molar-refractivity contribution in [3.63, 3.8) is 0 Å². The SMILES string of the molecule is CNC(=O)[C@H](Cc1ccccc1)N(Cc1ccccc1C)C(=O)CN(c1ccccc1Cl)S(=O)(=O)c1ccccc1. The topological polar surface area (TPSA) is 86.8 Å². The maximum atomic E-state index is 14.3. The zero-order valence-corrected chi connectivity index (χ0v) is 24.5. The summed E-state index contributed by atoms with van der Waals surface area (Å²) in [6.07, 6.45) is 0.246. The molecular formula is C32H32ClN3O4S. The first-order valence-corrected chi connectivity index (χ1v) is 15.0. The molecular weight excluding hydrogens is 558 g/mol. The molecule has 1 N–H and O–H groups in total. The summed E-state index contributed by atoms with van der Waals surface area (Å²) in [5.41, 5.74) is 2.82. The molecule has 4 aromatic rings. The summed E-state index contributed by atoms with van der Waals surface area (Å²) in [4.78, 5) is 29.1. The number of nitrogens with zero attached hydrogens (tertiary/aromatic N) is 2. The molecule has 0 aliphatic rings. The van der Waals surface area contributed by atoms with Crippen LogP contribution in [-0.2, 0) is 32.6 Å². The summed E-state index contributed by atoms with van der Waals surface area (Å²) in [5.74, 6) is -0.900. The van der Waals surface area contributed by atoms with Gasteiger partial charge in [-0.05, 0) is 47.9 Å². The average Bonchev–Trinajstić information content (AvgIpc) is 2.99. The van der Waals surface area contributed by atoms with E-state index in [-0.39, 0.29) is 34.5 Å². The van der Waals surface area contributed by atoms with Gasteiger partial charge < -0.3 is 10.2 Å². The van der Waals surface area contributed by atoms with Crippen molar-refractivity contribution in [2.24, 2.45) is 0 Å². The van der Waals surface area contributed by atoms with Gasteiger partial charge in [-0.3, -0.25) is 13.9 Å². The summed E-state index contributed by atoms with van der Waals surface area (Å²) in [7, 11) is -2.68. The number of anilines is 1. The number of halogens is 1. The number of carbonyl (C=O) groups excluding carboxylic acids is 2. The highest BCUT2D eigenvalue weighted by Crippen LogP contribution is 2.31. The van der Waals surface area contributed by atoms with Crippen LogP contribution in [0.25, 0.3) is 0 Å². The van der Waals surface area contributed by atoms with Crippen LogP contribution in [0.15, 0.2) is 114 Å². The van der Waals surface area contributed by atoms with Crippen molar-refractivity contribution in [3.05, 3.63) is 131 Å². The zero-order valence-electron chi connectivity index (χ0n) is 22.9. The van der Waals surface area contributed by atoms with Gasteiger partial charge in [-0.15, -0.1) is 0 Å². The van der Waals surface area contributed by atoms with Gasteiger partial charge in [0.2, 0.25) is 11.8 Å². The van der Waals surface area contributed by atoms with Crippen molar-refractivity contribution in [2.75, 3.05) is 17.9 Å². The van der Waals surface area contributed by atoms with Crippen molar-refractivity contribution in [1.82, 2.24) is 10.2 Å². The number of para-hydroxylation sites is 1. The van der Waals surface area contributed by atoms with E-state index in [1.165, 1.54) is 24.1 Å². The lowest BCUT2D eigenvalue weighted by Crippen LogP contribution is -2.53. The number of carbonyl (C=O) groups is 2. The Hall–Kier alpha value is -4.14. The lowest BCUT2D eigenvalue weighted by molar-refractivity contribution is -0.139. The van der Waals surface area contributed by atoms with Gasteiger partial charge in [-0.25, -0.2) is 8.42 Å². The fourth-order valence-electron chi connectivity index (χ4n) is 4.58. The van der Waals surface area contributed by atoms with E-state index >= 15 is 0 Å². The Morgan fingerprint density at radius 3 is 2.05 bits per heavy atom. The molecule has 4 rings (SSSR count). The van der Waals surface area contributed by atoms with Crippen molar-refractivity contribution in [1.29, 1.82) is 0 Å². The van der Waals surface area contributed by atoms with Crippen LogP contribution in [0.2, 0.25) is 5.02 Å². The first-order chi connectivity index (χ1) is 19.7. The molecule has 0 aliphatic carbocycles. The fraction of sp³-hybridized carbons (Fsp3) is 0.188. The molecule has 4 aromatic carbocycles. The summed E-state index contributed by atoms with van der Waals surface area (Å²) < 4.78 is 28.9. The molecule has 0 fully saturated rings. The third-order valence-corrected chi connectivity index (χ3v) is 8.94. The number of benzene rings is 4. The molecule has 0 aliphatic heterocycles. The lowest BCUT2D eigenvalue weighted by atomic mass is 10.0. The quantitative estimate of drug-likeness (QED) is 0.260. The predicted molar refractivity (Wildman–Crippen MR) is 162 cm³/mol. The largest absolute Gasteiger partial charge is 0.357 e. The van der Waals surface area contributed by atoms with Gasteiger partial charge in [0.05, 0.1) is 15.6 Å². The Kier molecular flexibility index (Phi) is 9.81. The molecule has 0 saturated heterocycles. The number of nitrogens with one attached hydrogen (secondary N) is 1. The van der Waals surface area contributed by atoms with Crippen molar-refractivity contribution < 1.29 is 18.0 Å². The second-order valence-electron chi connectivity index (χ2n) is 9.54. The normalized spacial score (nSPS) is 11.9. The highest BCUT2D eigenvalue weighted by atomic mass is 35.5. The minimum atomic E-state index is -4.20. The number of sulfonamides is 1. The van der Waals surface area contributed by atoms with E-state index in [0.717, 1.165) is 21.0 Å². The predicted octanol–water partition coefficient (Wildman–Crippen LogP) is 5.23. The molecule has 9 heteroatoms. The van der Waals surface area contributed by atoms with E-state index in [1.54, 1.807) is 42.5 Å². The molecule has 0 spiro atoms. The first kappa shape index (κ1) is 29.8. The molecule has 0 radical (unpaired) electrons. The van der Waals surface area contributed by atoms with Crippen LogP contribution in [-0.4, -0.2) is 44.8 Å². The molecule has 0 unspecified atom stereocenters. The molecule has 0 bridgehead atoms. The maximum Gasteiger partial charge on any atom is 0.264 e. The third kappa shape index (κ3) is 7.14. The molecule has 0 aromatic heterocycles. The molecule has 212 valence electrons. The number of hydrogen-bond acceptors (Lipinski definition) is 4. The van der Waals surface area contributed by atoms with Crippen molar-refractivity contribution >= 4 is 39.1 Å². The second kappa shape index (κ2) is 13.5. The van der Waals surface area contributed by atoms with E-state index in [4.69, 9.17) is 11.6 Å². The Morgan fingerprint density at radius 2 is 1.41 bits per heavy atom. The van der Waals surface area contributed by atoms with Gasteiger partial charge in [0.25, 0.3) is 10.0 Å². The minimum absolute atomic E-state index is 0.0188. The molecule has 0 saturated carbocycles. The average molecular weight is 590 g/mol. The molecule has 41 heavy (non-hydrogen) atoms. The van der Waals surface area contributed by atoms with Gasteiger partial charge in [-0.1, -0.05) is 96.5 Å². The van der Waals surface area contributed by atoms with Gasteiger partial charge in [0.15, 0.2) is 0 Å². The summed E-state index contributed by atoms with van der Waals surface area (Å²) in [5, 5.41) is 2.86. The molecule has 2 amide bonds. The summed E-state index contributed by atoms with van der Waals surface area (Å²) in [6, 6.07) is 30.5. The van der Waals surface area contributed by atoms with E-state index in [2.05, 4.69) is 5.32 Å². The standard InChI is InChI=1S/C32H32ClN3O4S/c1-24-13-9-10-16-26(24)22-35(30(32(38)34-2)21-25-14-5-3-6-15-25)31(37)23-36(29-20-12-11-19-28(29)33)41(39,40)27-17-7-4-8-18-27/h3-20,30H,21-23H2,1-2H3,(H,34,38)/t30-/m0/s1. The van der Waals surface area contributed by atoms with E-state index in [9.17, 15) is 18.0 Å². The zero-order chi connectivity index (χ0) is 29.4. The van der Waals surface area contributed by atoms with Crippen LogP contribution in [0, 0.1) is 6.92 Å². The molecule has 7 nitrogen and oxygen atoms in total. The fourth-order valence-corrected chi connectivity index (χ4v) is 6.32. The van der Waals surface area contributed by atoms with Crippen LogP contribution in [0.5, 0.6) is 0 Å². The van der Waals surface area contributed by atoms with Crippen LogP contribution in [0.3, 0.4) is 0 Å². The Labute approximate surface area is 246 Å². The third-order valence-electron chi connectivity index (χ3n) is 6.85. The number of likely N-dealkylation sites (N-methyl/N-ethyl adjacent to an activating group) is 1. The smallest absolute Gasteiger partial charge is 0.264 e. The minimum Gasteiger partial charge on any atom is -0.357 e. The Balaban J connectivity index is 1.80. The van der Waals surface area contributed by atoms with Gasteiger partial charge in [-0.2, -0.15) is 0 Å². The molecule has 0 heterocycles. The van der Waals surface area contributed by atoms with Crippen LogP contribution >= 0.6 is 11.6 Å². The number of aryl methyl sites for hydroxylation is 1. The lowest BCUT2D eigenvalue weighted by Gasteiger charge is -2.34. The van der Waals surface area contributed by atoms with E-state index in [0.29, 0.717) is 0 Å². The van der Waals surface area contributed by atoms with Crippen LogP contribution in [0.1, 0.15) is 16.7 Å². The number of amides is 2. The van der Waals surface area contributed by atoms with Crippen LogP contribution in [0.4, 0.5) is 5.69 Å². The van der Waals surface area contributed by atoms with E-state index < -0.39 is 28.5 Å². The van der Waals surface area contributed by atoms with Crippen molar-refractivity contribution in [3.8, 4) is 0 Å². The number of rotatable bonds is 11. The van der Waals surface area contributed by atoms with E-state index in [1.807, 2.05) is 61.5 Å².